The molecule has 0 saturated carbocycles. The minimum Gasteiger partial charge on any atom is -0.366 e. The SMILES string of the molecule is CN1C(c2ccnn2C)=NNC1SCCCN1CC2N(c3ccccc3C(F)(F)F)CCC2(C)C1. The number of thioether (sulfide) groups is 1. The van der Waals surface area contributed by atoms with Crippen molar-refractivity contribution in [1.29, 1.82) is 0 Å². The van der Waals surface area contributed by atoms with Gasteiger partial charge in [-0.1, -0.05) is 19.1 Å². The Balaban J connectivity index is 1.14. The van der Waals surface area contributed by atoms with Crippen LogP contribution >= 0.6 is 11.8 Å². The molecule has 3 aliphatic heterocycles. The topological polar surface area (TPSA) is 51.9 Å². The number of hydrazone groups is 1. The third-order valence-corrected chi connectivity index (χ3v) is 8.81. The lowest BCUT2D eigenvalue weighted by Gasteiger charge is -2.31. The van der Waals surface area contributed by atoms with Gasteiger partial charge in [0.2, 0.25) is 0 Å². The largest absolute Gasteiger partial charge is 0.418 e. The number of hydrogen-bond acceptors (Lipinski definition) is 7. The summed E-state index contributed by atoms with van der Waals surface area (Å²) in [4.78, 5) is 6.56. The van der Waals surface area contributed by atoms with Crippen molar-refractivity contribution in [2.24, 2.45) is 17.6 Å². The Labute approximate surface area is 208 Å². The molecule has 0 bridgehead atoms. The number of halogens is 3. The number of benzene rings is 1. The molecule has 3 aliphatic rings. The smallest absolute Gasteiger partial charge is 0.366 e. The number of likely N-dealkylation sites (tertiary alicyclic amines) is 1. The average Bonchev–Trinajstić information content (AvgIpc) is 3.54. The van der Waals surface area contributed by atoms with Gasteiger partial charge in [0.25, 0.3) is 0 Å². The van der Waals surface area contributed by atoms with Gasteiger partial charge in [0.05, 0.1) is 5.56 Å². The molecule has 190 valence electrons. The number of hydrogen-bond donors (Lipinski definition) is 1. The Morgan fingerprint density at radius 1 is 1.20 bits per heavy atom. The predicted octanol–water partition coefficient (Wildman–Crippen LogP) is 3.64. The molecule has 3 unspecified atom stereocenters. The quantitative estimate of drug-likeness (QED) is 0.578. The first kappa shape index (κ1) is 24.3. The maximum atomic E-state index is 13.6. The Bertz CT molecular complexity index is 1090. The molecule has 35 heavy (non-hydrogen) atoms. The Morgan fingerprint density at radius 2 is 2.00 bits per heavy atom. The number of rotatable bonds is 7. The van der Waals surface area contributed by atoms with Crippen molar-refractivity contribution >= 4 is 23.3 Å². The zero-order valence-corrected chi connectivity index (χ0v) is 21.1. The molecular weight excluding hydrogens is 475 g/mol. The summed E-state index contributed by atoms with van der Waals surface area (Å²) in [6, 6.07) is 8.07. The molecule has 0 radical (unpaired) electrons. The molecule has 1 N–H and O–H groups in total. The Morgan fingerprint density at radius 3 is 2.74 bits per heavy atom. The average molecular weight is 508 g/mol. The van der Waals surface area contributed by atoms with Gasteiger partial charge in [-0.2, -0.15) is 23.4 Å². The highest BCUT2D eigenvalue weighted by atomic mass is 32.2. The van der Waals surface area contributed by atoms with Crippen LogP contribution in [0.25, 0.3) is 0 Å². The van der Waals surface area contributed by atoms with E-state index in [0.29, 0.717) is 12.2 Å². The molecule has 7 nitrogen and oxygen atoms in total. The van der Waals surface area contributed by atoms with Crippen LogP contribution < -0.4 is 10.3 Å². The molecule has 0 spiro atoms. The van der Waals surface area contributed by atoms with Crippen molar-refractivity contribution in [3.05, 3.63) is 47.8 Å². The highest BCUT2D eigenvalue weighted by Gasteiger charge is 2.51. The number of para-hydroxylation sites is 1. The van der Waals surface area contributed by atoms with E-state index in [0.717, 1.165) is 49.8 Å². The third-order valence-electron chi connectivity index (χ3n) is 7.55. The monoisotopic (exact) mass is 507 g/mol. The number of nitrogens with one attached hydrogen (secondary N) is 1. The van der Waals surface area contributed by atoms with Gasteiger partial charge in [-0.3, -0.25) is 10.1 Å². The van der Waals surface area contributed by atoms with E-state index in [9.17, 15) is 13.2 Å². The van der Waals surface area contributed by atoms with Crippen molar-refractivity contribution in [1.82, 2.24) is 25.0 Å². The number of aryl methyl sites for hydroxylation is 1. The van der Waals surface area contributed by atoms with Gasteiger partial charge in [-0.15, -0.1) is 11.8 Å². The van der Waals surface area contributed by atoms with Crippen molar-refractivity contribution in [2.75, 3.05) is 43.9 Å². The van der Waals surface area contributed by atoms with Crippen LogP contribution in [0.15, 0.2) is 41.6 Å². The van der Waals surface area contributed by atoms with Gasteiger partial charge in [-0.05, 0) is 43.3 Å². The Kier molecular flexibility index (Phi) is 6.41. The first-order chi connectivity index (χ1) is 16.7. The van der Waals surface area contributed by atoms with E-state index >= 15 is 0 Å². The molecule has 1 aromatic heterocycles. The molecular formula is C24H32F3N7S. The second-order valence-electron chi connectivity index (χ2n) is 9.96. The maximum Gasteiger partial charge on any atom is 0.418 e. The summed E-state index contributed by atoms with van der Waals surface area (Å²) in [7, 11) is 3.93. The lowest BCUT2D eigenvalue weighted by molar-refractivity contribution is -0.137. The molecule has 11 heteroatoms. The van der Waals surface area contributed by atoms with Gasteiger partial charge in [-0.25, -0.2) is 0 Å². The van der Waals surface area contributed by atoms with Gasteiger partial charge in [0.15, 0.2) is 11.3 Å². The van der Waals surface area contributed by atoms with E-state index in [-0.39, 0.29) is 17.0 Å². The van der Waals surface area contributed by atoms with Gasteiger partial charge in [0.1, 0.15) is 5.69 Å². The summed E-state index contributed by atoms with van der Waals surface area (Å²) in [5.74, 6) is 1.84. The summed E-state index contributed by atoms with van der Waals surface area (Å²) >= 11 is 1.81. The van der Waals surface area contributed by atoms with Gasteiger partial charge < -0.3 is 14.7 Å². The molecule has 5 rings (SSSR count). The molecule has 0 aliphatic carbocycles. The first-order valence-corrected chi connectivity index (χ1v) is 13.0. The summed E-state index contributed by atoms with van der Waals surface area (Å²) < 4.78 is 42.7. The first-order valence-electron chi connectivity index (χ1n) is 12.0. The molecule has 1 aromatic carbocycles. The van der Waals surface area contributed by atoms with Crippen molar-refractivity contribution in [3.8, 4) is 0 Å². The van der Waals surface area contributed by atoms with Crippen LogP contribution in [0.2, 0.25) is 0 Å². The van der Waals surface area contributed by atoms with Crippen LogP contribution in [0.3, 0.4) is 0 Å². The fourth-order valence-electron chi connectivity index (χ4n) is 5.68. The van der Waals surface area contributed by atoms with Crippen molar-refractivity contribution in [2.45, 2.75) is 37.5 Å². The lowest BCUT2D eigenvalue weighted by atomic mass is 9.85. The van der Waals surface area contributed by atoms with E-state index < -0.39 is 11.7 Å². The second kappa shape index (κ2) is 9.24. The second-order valence-corrected chi connectivity index (χ2v) is 11.1. The number of fused-ring (bicyclic) bond motifs is 1. The van der Waals surface area contributed by atoms with E-state index in [2.05, 4.69) is 32.3 Å². The molecule has 2 saturated heterocycles. The van der Waals surface area contributed by atoms with E-state index in [1.165, 1.54) is 12.1 Å². The zero-order valence-electron chi connectivity index (χ0n) is 20.3. The normalized spacial score (nSPS) is 26.9. The molecule has 2 fully saturated rings. The summed E-state index contributed by atoms with van der Waals surface area (Å²) in [5.41, 5.74) is 4.06. The van der Waals surface area contributed by atoms with Crippen LogP contribution in [0, 0.1) is 5.41 Å². The van der Waals surface area contributed by atoms with Crippen molar-refractivity contribution < 1.29 is 13.2 Å². The third kappa shape index (κ3) is 4.60. The summed E-state index contributed by atoms with van der Waals surface area (Å²) in [6.45, 7) is 5.60. The molecule has 4 heterocycles. The fraction of sp³-hybridized carbons (Fsp3) is 0.583. The zero-order chi connectivity index (χ0) is 24.8. The minimum absolute atomic E-state index is 0.0188. The standard InChI is InChI=1S/C24H32F3N7S/c1-23-10-13-34(18-8-5-4-7-17(18)24(25,26)27)20(23)15-33(16-23)12-6-14-35-22-30-29-21(31(22)2)19-9-11-28-32(19)3/h4-5,7-9,11,20,22,30H,6,10,12-16H2,1-3H3. The maximum absolute atomic E-state index is 13.6. The van der Waals surface area contributed by atoms with E-state index in [1.807, 2.05) is 41.5 Å². The summed E-state index contributed by atoms with van der Waals surface area (Å²) in [6.07, 6.45) is -0.645. The highest BCUT2D eigenvalue weighted by Crippen LogP contribution is 2.47. The minimum atomic E-state index is -4.34. The number of aromatic nitrogens is 2. The number of anilines is 1. The molecule has 0 amide bonds. The van der Waals surface area contributed by atoms with Crippen molar-refractivity contribution in [3.63, 3.8) is 0 Å². The van der Waals surface area contributed by atoms with E-state index in [4.69, 9.17) is 0 Å². The number of amidine groups is 1. The van der Waals surface area contributed by atoms with Crippen LogP contribution in [0.4, 0.5) is 18.9 Å². The highest BCUT2D eigenvalue weighted by molar-refractivity contribution is 7.99. The van der Waals surface area contributed by atoms with Crippen LogP contribution in [0.5, 0.6) is 0 Å². The molecule has 2 aromatic rings. The number of alkyl halides is 3. The van der Waals surface area contributed by atoms with Crippen LogP contribution in [0.1, 0.15) is 31.0 Å². The van der Waals surface area contributed by atoms with Crippen LogP contribution in [-0.4, -0.2) is 75.9 Å². The predicted molar refractivity (Wildman–Crippen MR) is 133 cm³/mol. The number of nitrogens with zero attached hydrogens (tertiary/aromatic N) is 6. The van der Waals surface area contributed by atoms with Crippen LogP contribution in [-0.2, 0) is 13.2 Å². The van der Waals surface area contributed by atoms with Gasteiger partial charge in [0, 0.05) is 57.1 Å². The lowest BCUT2D eigenvalue weighted by Crippen LogP contribution is -2.39. The van der Waals surface area contributed by atoms with E-state index in [1.54, 1.807) is 18.3 Å². The Hall–Kier alpha value is -2.40. The summed E-state index contributed by atoms with van der Waals surface area (Å²) in [5, 5.41) is 8.70. The fourth-order valence-corrected chi connectivity index (χ4v) is 6.65. The van der Waals surface area contributed by atoms with Gasteiger partial charge >= 0.3 is 6.18 Å². The molecule has 3 atom stereocenters.